The molecule has 0 aliphatic rings. The van der Waals surface area contributed by atoms with Gasteiger partial charge < -0.3 is 14.6 Å². The molecule has 2 aromatic carbocycles. The maximum Gasteiger partial charge on any atom is 0.185 e. The summed E-state index contributed by atoms with van der Waals surface area (Å²) in [6, 6.07) is 8.53. The maximum atomic E-state index is 12.2. The minimum atomic E-state index is -0.179. The highest BCUT2D eigenvalue weighted by atomic mass is 79.9. The predicted molar refractivity (Wildman–Crippen MR) is 96.4 cm³/mol. The van der Waals surface area contributed by atoms with E-state index in [-0.39, 0.29) is 11.5 Å². The number of allylic oxidation sites excluding steroid dienone is 1. The normalized spacial score (nSPS) is 10.8. The highest BCUT2D eigenvalue weighted by molar-refractivity contribution is 9.11. The molecule has 0 heterocycles. The molecule has 0 unspecified atom stereocenters. The average molecular weight is 442 g/mol. The fourth-order valence-electron chi connectivity index (χ4n) is 1.93. The number of phenols is 1. The highest BCUT2D eigenvalue weighted by Crippen LogP contribution is 2.33. The van der Waals surface area contributed by atoms with E-state index < -0.39 is 0 Å². The van der Waals surface area contributed by atoms with Gasteiger partial charge in [0, 0.05) is 5.56 Å². The average Bonchev–Trinajstić information content (AvgIpc) is 2.56. The van der Waals surface area contributed by atoms with Crippen LogP contribution in [-0.2, 0) is 0 Å². The van der Waals surface area contributed by atoms with Gasteiger partial charge in [0.15, 0.2) is 17.3 Å². The van der Waals surface area contributed by atoms with Crippen molar-refractivity contribution in [2.75, 3.05) is 14.2 Å². The molecule has 1 N–H and O–H groups in total. The van der Waals surface area contributed by atoms with Gasteiger partial charge in [0.25, 0.3) is 0 Å². The quantitative estimate of drug-likeness (QED) is 0.533. The largest absolute Gasteiger partial charge is 0.506 e. The molecule has 23 heavy (non-hydrogen) atoms. The number of ketones is 1. The number of carbonyl (C=O) groups excluding carboxylic acids is 1. The molecular weight excluding hydrogens is 428 g/mol. The van der Waals surface area contributed by atoms with Crippen LogP contribution in [0.3, 0.4) is 0 Å². The molecule has 0 bridgehead atoms. The smallest absolute Gasteiger partial charge is 0.185 e. The number of hydrogen-bond donors (Lipinski definition) is 1. The Morgan fingerprint density at radius 2 is 1.65 bits per heavy atom. The van der Waals surface area contributed by atoms with Gasteiger partial charge in [0.05, 0.1) is 23.2 Å². The number of carbonyl (C=O) groups is 1. The molecular formula is C17H14Br2O4. The molecule has 2 rings (SSSR count). The second-order valence-corrected chi connectivity index (χ2v) is 6.31. The zero-order valence-electron chi connectivity index (χ0n) is 12.5. The van der Waals surface area contributed by atoms with Gasteiger partial charge in [-0.05, 0) is 67.8 Å². The molecule has 0 radical (unpaired) electrons. The zero-order valence-corrected chi connectivity index (χ0v) is 15.6. The number of ether oxygens (including phenoxy) is 2. The van der Waals surface area contributed by atoms with Crippen molar-refractivity contribution in [3.63, 3.8) is 0 Å². The molecule has 0 atom stereocenters. The van der Waals surface area contributed by atoms with E-state index in [1.807, 2.05) is 6.07 Å². The molecule has 0 saturated heterocycles. The van der Waals surface area contributed by atoms with Gasteiger partial charge in [0.2, 0.25) is 0 Å². The Kier molecular flexibility index (Phi) is 5.85. The molecule has 0 aliphatic carbocycles. The Labute approximate surface area is 151 Å². The van der Waals surface area contributed by atoms with Crippen LogP contribution in [0.1, 0.15) is 15.9 Å². The van der Waals surface area contributed by atoms with Crippen molar-refractivity contribution < 1.29 is 19.4 Å². The van der Waals surface area contributed by atoms with Crippen molar-refractivity contribution in [3.8, 4) is 17.2 Å². The van der Waals surface area contributed by atoms with Gasteiger partial charge in [-0.3, -0.25) is 4.79 Å². The van der Waals surface area contributed by atoms with Crippen LogP contribution in [0.25, 0.3) is 6.08 Å². The van der Waals surface area contributed by atoms with E-state index in [0.29, 0.717) is 26.0 Å². The summed E-state index contributed by atoms with van der Waals surface area (Å²) in [6.07, 6.45) is 3.16. The van der Waals surface area contributed by atoms with Crippen LogP contribution >= 0.6 is 31.9 Å². The van der Waals surface area contributed by atoms with Crippen LogP contribution in [0.5, 0.6) is 17.2 Å². The topological polar surface area (TPSA) is 55.8 Å². The zero-order chi connectivity index (χ0) is 17.0. The molecule has 0 fully saturated rings. The number of aromatic hydroxyl groups is 1. The van der Waals surface area contributed by atoms with Gasteiger partial charge in [-0.1, -0.05) is 12.1 Å². The maximum absolute atomic E-state index is 12.2. The second kappa shape index (κ2) is 7.66. The Morgan fingerprint density at radius 3 is 2.22 bits per heavy atom. The highest BCUT2D eigenvalue weighted by Gasteiger charge is 2.10. The van der Waals surface area contributed by atoms with E-state index in [0.717, 1.165) is 5.56 Å². The monoisotopic (exact) mass is 440 g/mol. The molecule has 0 saturated carbocycles. The van der Waals surface area contributed by atoms with Gasteiger partial charge in [0.1, 0.15) is 5.75 Å². The second-order valence-electron chi connectivity index (χ2n) is 4.60. The van der Waals surface area contributed by atoms with E-state index in [4.69, 9.17) is 9.47 Å². The number of halogens is 2. The van der Waals surface area contributed by atoms with E-state index >= 15 is 0 Å². The van der Waals surface area contributed by atoms with Gasteiger partial charge in [-0.15, -0.1) is 0 Å². The molecule has 4 nitrogen and oxygen atoms in total. The Morgan fingerprint density at radius 1 is 1.04 bits per heavy atom. The summed E-state index contributed by atoms with van der Waals surface area (Å²) < 4.78 is 11.3. The van der Waals surface area contributed by atoms with Crippen LogP contribution in [0.15, 0.2) is 45.4 Å². The summed E-state index contributed by atoms with van der Waals surface area (Å²) in [5.74, 6) is 1.10. The molecule has 0 amide bonds. The van der Waals surface area contributed by atoms with Crippen molar-refractivity contribution in [1.82, 2.24) is 0 Å². The minimum absolute atomic E-state index is 0.0606. The third kappa shape index (κ3) is 4.14. The van der Waals surface area contributed by atoms with Crippen LogP contribution in [0, 0.1) is 0 Å². The molecule has 2 aromatic rings. The number of rotatable bonds is 5. The predicted octanol–water partition coefficient (Wildman–Crippen LogP) is 4.83. The first-order valence-corrected chi connectivity index (χ1v) is 8.17. The molecule has 120 valence electrons. The van der Waals surface area contributed by atoms with Crippen LogP contribution < -0.4 is 9.47 Å². The van der Waals surface area contributed by atoms with Crippen molar-refractivity contribution in [3.05, 3.63) is 56.5 Å². The first-order chi connectivity index (χ1) is 11.0. The number of methoxy groups -OCH3 is 2. The summed E-state index contributed by atoms with van der Waals surface area (Å²) in [5.41, 5.74) is 1.27. The fourth-order valence-corrected chi connectivity index (χ4v) is 3.12. The van der Waals surface area contributed by atoms with Crippen LogP contribution in [-0.4, -0.2) is 25.1 Å². The van der Waals surface area contributed by atoms with Gasteiger partial charge in [-0.2, -0.15) is 0 Å². The van der Waals surface area contributed by atoms with E-state index in [2.05, 4.69) is 31.9 Å². The molecule has 6 heteroatoms. The van der Waals surface area contributed by atoms with Gasteiger partial charge in [-0.25, -0.2) is 0 Å². The lowest BCUT2D eigenvalue weighted by Crippen LogP contribution is -1.95. The number of hydrogen-bond acceptors (Lipinski definition) is 4. The third-order valence-corrected chi connectivity index (χ3v) is 4.35. The summed E-state index contributed by atoms with van der Waals surface area (Å²) in [6.45, 7) is 0. The number of benzene rings is 2. The van der Waals surface area contributed by atoms with Crippen molar-refractivity contribution >= 4 is 43.7 Å². The minimum Gasteiger partial charge on any atom is -0.506 e. The third-order valence-electron chi connectivity index (χ3n) is 3.14. The Balaban J connectivity index is 2.25. The summed E-state index contributed by atoms with van der Waals surface area (Å²) in [7, 11) is 3.12. The molecule has 0 aliphatic heterocycles. The van der Waals surface area contributed by atoms with Crippen molar-refractivity contribution in [1.29, 1.82) is 0 Å². The lowest BCUT2D eigenvalue weighted by Gasteiger charge is -2.07. The summed E-state index contributed by atoms with van der Waals surface area (Å²) in [5, 5.41) is 9.68. The summed E-state index contributed by atoms with van der Waals surface area (Å²) >= 11 is 6.42. The first-order valence-electron chi connectivity index (χ1n) is 6.58. The lowest BCUT2D eigenvalue weighted by molar-refractivity contribution is 0.104. The fraction of sp³-hybridized carbons (Fsp3) is 0.118. The summed E-state index contributed by atoms with van der Waals surface area (Å²) in [4.78, 5) is 12.2. The first kappa shape index (κ1) is 17.6. The Hall–Kier alpha value is -1.79. The van der Waals surface area contributed by atoms with Crippen molar-refractivity contribution in [2.45, 2.75) is 0 Å². The molecule has 0 spiro atoms. The van der Waals surface area contributed by atoms with E-state index in [1.165, 1.54) is 6.08 Å². The van der Waals surface area contributed by atoms with Crippen LogP contribution in [0.2, 0.25) is 0 Å². The van der Waals surface area contributed by atoms with Crippen molar-refractivity contribution in [2.24, 2.45) is 0 Å². The van der Waals surface area contributed by atoms with E-state index in [1.54, 1.807) is 44.6 Å². The standard InChI is InChI=1S/C17H14Br2O4/c1-22-15-6-4-10(7-16(15)23-2)3-5-14(20)11-8-12(18)17(21)13(19)9-11/h3-9,21H,1-2H3/b5-3+. The Bertz CT molecular complexity index is 746. The van der Waals surface area contributed by atoms with E-state index in [9.17, 15) is 9.90 Å². The van der Waals surface area contributed by atoms with Gasteiger partial charge >= 0.3 is 0 Å². The lowest BCUT2D eigenvalue weighted by atomic mass is 10.1. The SMILES string of the molecule is COc1ccc(/C=C/C(=O)c2cc(Br)c(O)c(Br)c2)cc1OC. The van der Waals surface area contributed by atoms with Crippen LogP contribution in [0.4, 0.5) is 0 Å². The molecule has 0 aromatic heterocycles. The number of phenolic OH excluding ortho intramolecular Hbond substituents is 1.